The largest absolute Gasteiger partial charge is 0.485 e. The molecule has 88 valence electrons. The molecule has 0 bridgehead atoms. The van der Waals surface area contributed by atoms with E-state index in [1.807, 2.05) is 0 Å². The average molecular weight is 226 g/mol. The van der Waals surface area contributed by atoms with Crippen molar-refractivity contribution in [2.75, 3.05) is 13.2 Å². The molecule has 1 fully saturated rings. The number of rotatable bonds is 3. The molecule has 0 radical (unpaired) electrons. The fourth-order valence-electron chi connectivity index (χ4n) is 1.78. The first-order valence-corrected chi connectivity index (χ1v) is 5.44. The Balaban J connectivity index is 2.12. The van der Waals surface area contributed by atoms with Crippen LogP contribution < -0.4 is 4.74 Å². The summed E-state index contributed by atoms with van der Waals surface area (Å²) in [7, 11) is 0. The quantitative estimate of drug-likeness (QED) is 0.855. The monoisotopic (exact) mass is 226 g/mol. The lowest BCUT2D eigenvalue weighted by atomic mass is 10.1. The maximum absolute atomic E-state index is 13.5. The molecule has 1 saturated heterocycles. The van der Waals surface area contributed by atoms with Crippen LogP contribution in [0.15, 0.2) is 18.2 Å². The van der Waals surface area contributed by atoms with Crippen molar-refractivity contribution < 1.29 is 19.0 Å². The molecule has 0 aliphatic carbocycles. The lowest BCUT2D eigenvalue weighted by Crippen LogP contribution is -2.28. The Morgan fingerprint density at radius 2 is 2.38 bits per heavy atom. The van der Waals surface area contributed by atoms with Gasteiger partial charge in [-0.25, -0.2) is 4.39 Å². The summed E-state index contributed by atoms with van der Waals surface area (Å²) in [5.41, 5.74) is 0.477. The van der Waals surface area contributed by atoms with Gasteiger partial charge in [0.05, 0.1) is 13.2 Å². The van der Waals surface area contributed by atoms with Crippen LogP contribution in [0, 0.1) is 5.82 Å². The lowest BCUT2D eigenvalue weighted by molar-refractivity contribution is 0.00499. The molecule has 1 heterocycles. The van der Waals surface area contributed by atoms with E-state index < -0.39 is 5.82 Å². The van der Waals surface area contributed by atoms with Gasteiger partial charge in [0, 0.05) is 12.2 Å². The molecular weight excluding hydrogens is 211 g/mol. The number of aliphatic hydroxyl groups is 1. The number of aliphatic hydroxyl groups excluding tert-OH is 1. The normalized spacial score (nSPS) is 20.8. The summed E-state index contributed by atoms with van der Waals surface area (Å²) in [4.78, 5) is 0. The zero-order chi connectivity index (χ0) is 11.4. The molecular formula is C12H15FO3. The third kappa shape index (κ3) is 2.51. The Morgan fingerprint density at radius 1 is 1.50 bits per heavy atom. The van der Waals surface area contributed by atoms with Gasteiger partial charge >= 0.3 is 0 Å². The second-order valence-electron chi connectivity index (χ2n) is 3.84. The van der Waals surface area contributed by atoms with Crippen LogP contribution in [-0.4, -0.2) is 24.4 Å². The van der Waals surface area contributed by atoms with Gasteiger partial charge in [0.25, 0.3) is 0 Å². The molecule has 1 unspecified atom stereocenters. The van der Waals surface area contributed by atoms with Crippen molar-refractivity contribution in [3.8, 4) is 5.75 Å². The van der Waals surface area contributed by atoms with Crippen molar-refractivity contribution in [1.82, 2.24) is 0 Å². The molecule has 1 atom stereocenters. The van der Waals surface area contributed by atoms with Crippen LogP contribution >= 0.6 is 0 Å². The number of hydrogen-bond donors (Lipinski definition) is 1. The summed E-state index contributed by atoms with van der Waals surface area (Å²) in [5, 5.41) is 9.09. The van der Waals surface area contributed by atoms with Gasteiger partial charge in [0.2, 0.25) is 0 Å². The number of ether oxygens (including phenoxy) is 2. The highest BCUT2D eigenvalue weighted by Crippen LogP contribution is 2.25. The first kappa shape index (κ1) is 11.4. The summed E-state index contributed by atoms with van der Waals surface area (Å²) in [6, 6.07) is 4.55. The Labute approximate surface area is 93.8 Å². The molecule has 1 N–H and O–H groups in total. The van der Waals surface area contributed by atoms with E-state index in [9.17, 15) is 4.39 Å². The van der Waals surface area contributed by atoms with Crippen LogP contribution in [-0.2, 0) is 11.3 Å². The summed E-state index contributed by atoms with van der Waals surface area (Å²) in [6.45, 7) is 1.00. The van der Waals surface area contributed by atoms with Gasteiger partial charge in [-0.2, -0.15) is 0 Å². The lowest BCUT2D eigenvalue weighted by Gasteiger charge is -2.24. The fraction of sp³-hybridized carbons (Fsp3) is 0.500. The van der Waals surface area contributed by atoms with E-state index in [1.54, 1.807) is 12.1 Å². The van der Waals surface area contributed by atoms with E-state index in [1.165, 1.54) is 6.07 Å². The van der Waals surface area contributed by atoms with Crippen LogP contribution in [0.2, 0.25) is 0 Å². The Morgan fingerprint density at radius 3 is 3.06 bits per heavy atom. The maximum atomic E-state index is 13.5. The van der Waals surface area contributed by atoms with Crippen LogP contribution in [0.5, 0.6) is 5.75 Å². The SMILES string of the molecule is OCc1cccc(F)c1OC1CCCOC1. The molecule has 1 aliphatic heterocycles. The van der Waals surface area contributed by atoms with E-state index in [4.69, 9.17) is 14.6 Å². The molecule has 1 aromatic carbocycles. The first-order valence-electron chi connectivity index (χ1n) is 5.44. The van der Waals surface area contributed by atoms with Crippen molar-refractivity contribution in [2.45, 2.75) is 25.6 Å². The molecule has 1 aliphatic rings. The van der Waals surface area contributed by atoms with Crippen molar-refractivity contribution in [3.05, 3.63) is 29.6 Å². The summed E-state index contributed by atoms with van der Waals surface area (Å²) >= 11 is 0. The maximum Gasteiger partial charge on any atom is 0.165 e. The summed E-state index contributed by atoms with van der Waals surface area (Å²) in [5.74, 6) is -0.280. The van der Waals surface area contributed by atoms with Gasteiger partial charge in [0.1, 0.15) is 6.10 Å². The van der Waals surface area contributed by atoms with Gasteiger partial charge in [-0.1, -0.05) is 12.1 Å². The summed E-state index contributed by atoms with van der Waals surface area (Å²) < 4.78 is 24.3. The average Bonchev–Trinajstić information content (AvgIpc) is 2.33. The highest BCUT2D eigenvalue weighted by molar-refractivity contribution is 5.34. The molecule has 0 amide bonds. The predicted molar refractivity (Wildman–Crippen MR) is 56.8 cm³/mol. The molecule has 3 nitrogen and oxygen atoms in total. The van der Waals surface area contributed by atoms with Gasteiger partial charge in [0.15, 0.2) is 11.6 Å². The van der Waals surface area contributed by atoms with Crippen molar-refractivity contribution >= 4 is 0 Å². The number of benzene rings is 1. The zero-order valence-corrected chi connectivity index (χ0v) is 8.99. The number of halogens is 1. The van der Waals surface area contributed by atoms with Crippen molar-refractivity contribution in [2.24, 2.45) is 0 Å². The minimum atomic E-state index is -0.433. The first-order chi connectivity index (χ1) is 7.81. The summed E-state index contributed by atoms with van der Waals surface area (Å²) in [6.07, 6.45) is 1.67. The van der Waals surface area contributed by atoms with E-state index in [-0.39, 0.29) is 18.5 Å². The molecule has 0 saturated carbocycles. The van der Waals surface area contributed by atoms with E-state index in [0.717, 1.165) is 19.4 Å². The van der Waals surface area contributed by atoms with Crippen LogP contribution in [0.3, 0.4) is 0 Å². The highest BCUT2D eigenvalue weighted by Gasteiger charge is 2.18. The smallest absolute Gasteiger partial charge is 0.165 e. The molecule has 16 heavy (non-hydrogen) atoms. The Hall–Kier alpha value is -1.13. The second-order valence-corrected chi connectivity index (χ2v) is 3.84. The topological polar surface area (TPSA) is 38.7 Å². The zero-order valence-electron chi connectivity index (χ0n) is 8.99. The van der Waals surface area contributed by atoms with Gasteiger partial charge in [-0.3, -0.25) is 0 Å². The molecule has 4 heteroatoms. The van der Waals surface area contributed by atoms with E-state index in [0.29, 0.717) is 12.2 Å². The fourth-order valence-corrected chi connectivity index (χ4v) is 1.78. The van der Waals surface area contributed by atoms with E-state index >= 15 is 0 Å². The molecule has 0 aromatic heterocycles. The van der Waals surface area contributed by atoms with Gasteiger partial charge in [-0.15, -0.1) is 0 Å². The Kier molecular flexibility index (Phi) is 3.74. The van der Waals surface area contributed by atoms with Crippen LogP contribution in [0.1, 0.15) is 18.4 Å². The van der Waals surface area contributed by atoms with Crippen LogP contribution in [0.4, 0.5) is 4.39 Å². The molecule has 1 aromatic rings. The van der Waals surface area contributed by atoms with Gasteiger partial charge < -0.3 is 14.6 Å². The molecule has 0 spiro atoms. The van der Waals surface area contributed by atoms with Crippen molar-refractivity contribution in [3.63, 3.8) is 0 Å². The predicted octanol–water partition coefficient (Wildman–Crippen LogP) is 1.88. The number of para-hydroxylation sites is 1. The van der Waals surface area contributed by atoms with Gasteiger partial charge in [-0.05, 0) is 18.9 Å². The highest BCUT2D eigenvalue weighted by atomic mass is 19.1. The third-order valence-corrected chi connectivity index (χ3v) is 2.62. The minimum Gasteiger partial charge on any atom is -0.485 e. The van der Waals surface area contributed by atoms with Crippen molar-refractivity contribution in [1.29, 1.82) is 0 Å². The molecule has 2 rings (SSSR count). The second kappa shape index (κ2) is 5.27. The third-order valence-electron chi connectivity index (χ3n) is 2.62. The number of hydrogen-bond acceptors (Lipinski definition) is 3. The standard InChI is InChI=1S/C12H15FO3/c13-11-5-1-3-9(7-14)12(11)16-10-4-2-6-15-8-10/h1,3,5,10,14H,2,4,6-8H2. The van der Waals surface area contributed by atoms with Crippen LogP contribution in [0.25, 0.3) is 0 Å². The Bertz CT molecular complexity index is 348. The van der Waals surface area contributed by atoms with E-state index in [2.05, 4.69) is 0 Å². The minimum absolute atomic E-state index is 0.115.